The van der Waals surface area contributed by atoms with Gasteiger partial charge in [-0.25, -0.2) is 0 Å². The molecule has 0 unspecified atom stereocenters. The molecule has 1 aromatic carbocycles. The Balaban J connectivity index is 1.78. The molecule has 0 saturated heterocycles. The molecule has 2 rings (SSSR count). The highest BCUT2D eigenvalue weighted by molar-refractivity contribution is 8.01. The van der Waals surface area contributed by atoms with Crippen LogP contribution in [-0.4, -0.2) is 36.8 Å². The predicted molar refractivity (Wildman–Crippen MR) is 83.5 cm³/mol. The summed E-state index contributed by atoms with van der Waals surface area (Å²) in [5.41, 5.74) is 0.820. The number of anilines is 1. The lowest BCUT2D eigenvalue weighted by molar-refractivity contribution is -0.124. The zero-order valence-electron chi connectivity index (χ0n) is 12.1. The number of ether oxygens (including phenoxy) is 1. The fourth-order valence-corrected chi connectivity index (χ4v) is 3.12. The number of para-hydroxylation sites is 1. The van der Waals surface area contributed by atoms with E-state index in [2.05, 4.69) is 10.6 Å². The average molecular weight is 308 g/mol. The molecule has 2 amide bonds. The van der Waals surface area contributed by atoms with Crippen molar-refractivity contribution in [2.75, 3.05) is 25.1 Å². The first-order valence-electron chi connectivity index (χ1n) is 7.11. The molecule has 0 aliphatic carbocycles. The van der Waals surface area contributed by atoms with Gasteiger partial charge in [0.15, 0.2) is 0 Å². The van der Waals surface area contributed by atoms with E-state index < -0.39 is 0 Å². The Labute approximate surface area is 128 Å². The molecule has 6 heteroatoms. The number of carbonyl (C=O) groups is 2. The SMILES string of the molecule is CCOCCCNC(=O)C[C@@H]1Sc2ccccc2NC1=O. The van der Waals surface area contributed by atoms with E-state index in [1.165, 1.54) is 11.8 Å². The maximum absolute atomic E-state index is 12.0. The average Bonchev–Trinajstić information content (AvgIpc) is 2.48. The van der Waals surface area contributed by atoms with E-state index in [9.17, 15) is 9.59 Å². The maximum atomic E-state index is 12.0. The van der Waals surface area contributed by atoms with Crippen molar-refractivity contribution >= 4 is 29.3 Å². The molecule has 1 aliphatic rings. The van der Waals surface area contributed by atoms with Gasteiger partial charge < -0.3 is 15.4 Å². The highest BCUT2D eigenvalue weighted by Crippen LogP contribution is 2.36. The second kappa shape index (κ2) is 8.05. The molecule has 114 valence electrons. The normalized spacial score (nSPS) is 17.0. The molecule has 0 spiro atoms. The van der Waals surface area contributed by atoms with Crippen LogP contribution in [-0.2, 0) is 14.3 Å². The molecule has 0 saturated carbocycles. The third-order valence-corrected chi connectivity index (χ3v) is 4.34. The molecule has 0 bridgehead atoms. The minimum absolute atomic E-state index is 0.0986. The van der Waals surface area contributed by atoms with Crippen LogP contribution >= 0.6 is 11.8 Å². The van der Waals surface area contributed by atoms with E-state index in [1.807, 2.05) is 31.2 Å². The van der Waals surface area contributed by atoms with Crippen molar-refractivity contribution < 1.29 is 14.3 Å². The monoisotopic (exact) mass is 308 g/mol. The van der Waals surface area contributed by atoms with Crippen LogP contribution in [0.4, 0.5) is 5.69 Å². The summed E-state index contributed by atoms with van der Waals surface area (Å²) in [5.74, 6) is -0.207. The molecule has 21 heavy (non-hydrogen) atoms. The van der Waals surface area contributed by atoms with Crippen LogP contribution in [0.15, 0.2) is 29.2 Å². The minimum Gasteiger partial charge on any atom is -0.382 e. The van der Waals surface area contributed by atoms with E-state index in [1.54, 1.807) is 0 Å². The zero-order valence-corrected chi connectivity index (χ0v) is 12.9. The summed E-state index contributed by atoms with van der Waals surface area (Å²) in [4.78, 5) is 24.8. The number of benzene rings is 1. The van der Waals surface area contributed by atoms with Crippen LogP contribution in [0.25, 0.3) is 0 Å². The van der Waals surface area contributed by atoms with Gasteiger partial charge in [-0.2, -0.15) is 0 Å². The number of hydrogen-bond acceptors (Lipinski definition) is 4. The van der Waals surface area contributed by atoms with Gasteiger partial charge in [-0.05, 0) is 25.5 Å². The summed E-state index contributed by atoms with van der Waals surface area (Å²) >= 11 is 1.44. The smallest absolute Gasteiger partial charge is 0.238 e. The number of nitrogens with one attached hydrogen (secondary N) is 2. The summed E-state index contributed by atoms with van der Waals surface area (Å²) in [5, 5.41) is 5.29. The van der Waals surface area contributed by atoms with Crippen molar-refractivity contribution in [1.29, 1.82) is 0 Å². The van der Waals surface area contributed by atoms with Gasteiger partial charge in [-0.15, -0.1) is 11.8 Å². The number of carbonyl (C=O) groups excluding carboxylic acids is 2. The maximum Gasteiger partial charge on any atom is 0.238 e. The molecular formula is C15H20N2O3S. The van der Waals surface area contributed by atoms with Crippen molar-refractivity contribution in [3.8, 4) is 0 Å². The van der Waals surface area contributed by atoms with Crippen molar-refractivity contribution in [1.82, 2.24) is 5.32 Å². The quantitative estimate of drug-likeness (QED) is 0.756. The van der Waals surface area contributed by atoms with Crippen LogP contribution in [0.3, 0.4) is 0 Å². The molecule has 5 nitrogen and oxygen atoms in total. The fraction of sp³-hybridized carbons (Fsp3) is 0.467. The topological polar surface area (TPSA) is 67.4 Å². The Bertz CT molecular complexity index is 507. The van der Waals surface area contributed by atoms with Gasteiger partial charge >= 0.3 is 0 Å². The number of thioether (sulfide) groups is 1. The number of hydrogen-bond donors (Lipinski definition) is 2. The highest BCUT2D eigenvalue weighted by Gasteiger charge is 2.28. The van der Waals surface area contributed by atoms with Gasteiger partial charge in [0.2, 0.25) is 11.8 Å². The zero-order chi connectivity index (χ0) is 15.1. The van der Waals surface area contributed by atoms with E-state index >= 15 is 0 Å². The first kappa shape index (κ1) is 15.9. The largest absolute Gasteiger partial charge is 0.382 e. The number of rotatable bonds is 7. The predicted octanol–water partition coefficient (Wildman–Crippen LogP) is 2.03. The van der Waals surface area contributed by atoms with E-state index in [0.717, 1.165) is 17.0 Å². The lowest BCUT2D eigenvalue weighted by atomic mass is 10.2. The Morgan fingerprint density at radius 2 is 2.24 bits per heavy atom. The lowest BCUT2D eigenvalue weighted by Crippen LogP contribution is -2.35. The van der Waals surface area contributed by atoms with Crippen molar-refractivity contribution in [2.45, 2.75) is 29.9 Å². The fourth-order valence-electron chi connectivity index (χ4n) is 2.01. The summed E-state index contributed by atoms with van der Waals surface area (Å²) in [7, 11) is 0. The molecule has 2 N–H and O–H groups in total. The summed E-state index contributed by atoms with van der Waals surface area (Å²) in [6.07, 6.45) is 0.978. The van der Waals surface area contributed by atoms with Gasteiger partial charge in [0, 0.05) is 31.1 Å². The van der Waals surface area contributed by atoms with Crippen molar-refractivity contribution in [3.63, 3.8) is 0 Å². The standard InChI is InChI=1S/C15H20N2O3S/c1-2-20-9-5-8-16-14(18)10-13-15(19)17-11-6-3-4-7-12(11)21-13/h3-4,6-7,13H,2,5,8-10H2,1H3,(H,16,18)(H,17,19)/t13-/m0/s1. The highest BCUT2D eigenvalue weighted by atomic mass is 32.2. The molecule has 1 heterocycles. The van der Waals surface area contributed by atoms with Gasteiger partial charge in [-0.1, -0.05) is 12.1 Å². The minimum atomic E-state index is -0.369. The Hall–Kier alpha value is -1.53. The van der Waals surface area contributed by atoms with Gasteiger partial charge in [0.25, 0.3) is 0 Å². The van der Waals surface area contributed by atoms with Crippen molar-refractivity contribution in [3.05, 3.63) is 24.3 Å². The van der Waals surface area contributed by atoms with E-state index in [4.69, 9.17) is 4.74 Å². The third-order valence-electron chi connectivity index (χ3n) is 3.07. The number of fused-ring (bicyclic) bond motifs is 1. The molecule has 0 radical (unpaired) electrons. The van der Waals surface area contributed by atoms with Crippen LogP contribution in [0, 0.1) is 0 Å². The second-order valence-electron chi connectivity index (χ2n) is 4.70. The summed E-state index contributed by atoms with van der Waals surface area (Å²) in [6.45, 7) is 3.85. The Morgan fingerprint density at radius 1 is 1.43 bits per heavy atom. The summed E-state index contributed by atoms with van der Waals surface area (Å²) in [6, 6.07) is 7.62. The molecule has 0 aromatic heterocycles. The molecule has 1 aliphatic heterocycles. The Kier molecular flexibility index (Phi) is 6.07. The van der Waals surface area contributed by atoms with E-state index in [-0.39, 0.29) is 23.5 Å². The molecule has 1 atom stereocenters. The van der Waals surface area contributed by atoms with Crippen LogP contribution in [0.5, 0.6) is 0 Å². The molecule has 0 fully saturated rings. The van der Waals surface area contributed by atoms with E-state index in [0.29, 0.717) is 19.8 Å². The van der Waals surface area contributed by atoms with Crippen LogP contribution in [0.2, 0.25) is 0 Å². The van der Waals surface area contributed by atoms with Gasteiger partial charge in [-0.3, -0.25) is 9.59 Å². The van der Waals surface area contributed by atoms with Gasteiger partial charge in [0.05, 0.1) is 10.9 Å². The third kappa shape index (κ3) is 4.75. The van der Waals surface area contributed by atoms with Crippen LogP contribution < -0.4 is 10.6 Å². The van der Waals surface area contributed by atoms with Gasteiger partial charge in [0.1, 0.15) is 0 Å². The molecule has 1 aromatic rings. The second-order valence-corrected chi connectivity index (χ2v) is 5.94. The Morgan fingerprint density at radius 3 is 3.05 bits per heavy atom. The number of amides is 2. The first-order chi connectivity index (χ1) is 10.2. The first-order valence-corrected chi connectivity index (χ1v) is 7.99. The van der Waals surface area contributed by atoms with Crippen LogP contribution in [0.1, 0.15) is 19.8 Å². The molecular weight excluding hydrogens is 288 g/mol. The summed E-state index contributed by atoms with van der Waals surface area (Å²) < 4.78 is 5.20. The lowest BCUT2D eigenvalue weighted by Gasteiger charge is -2.23. The van der Waals surface area contributed by atoms with Crippen molar-refractivity contribution in [2.24, 2.45) is 0 Å².